The van der Waals surface area contributed by atoms with Crippen molar-refractivity contribution in [2.45, 2.75) is 0 Å². The molecule has 0 aliphatic rings. The molecule has 0 aliphatic carbocycles. The monoisotopic (exact) mass is 194 g/mol. The molecule has 0 heterocycles. The van der Waals surface area contributed by atoms with Crippen LogP contribution in [0.15, 0.2) is 12.0 Å². The SMILES string of the molecule is C=CS(=O)(=O)O.[RbH]. The van der Waals surface area contributed by atoms with Crippen LogP contribution in [0.2, 0.25) is 0 Å². The molecule has 0 aromatic rings. The molecule has 0 radical (unpaired) electrons. The maximum absolute atomic E-state index is 9.44. The van der Waals surface area contributed by atoms with Gasteiger partial charge < -0.3 is 0 Å². The van der Waals surface area contributed by atoms with Crippen LogP contribution in [0.3, 0.4) is 0 Å². The van der Waals surface area contributed by atoms with Crippen molar-refractivity contribution in [2.24, 2.45) is 0 Å². The zero-order valence-corrected chi connectivity index (χ0v) is 3.77. The van der Waals surface area contributed by atoms with Crippen molar-refractivity contribution < 1.29 is 13.0 Å². The third kappa shape index (κ3) is 11.2. The normalized spacial score (nSPS) is 9.29. The second-order valence-electron chi connectivity index (χ2n) is 0.682. The summed E-state index contributed by atoms with van der Waals surface area (Å²) >= 11 is 0. The summed E-state index contributed by atoms with van der Waals surface area (Å²) in [5, 5.41) is 0.465. The van der Waals surface area contributed by atoms with Gasteiger partial charge in [0, 0.05) is 0 Å². The molecule has 38 valence electrons. The van der Waals surface area contributed by atoms with Gasteiger partial charge in [0.1, 0.15) is 0 Å². The Kier molecular flexibility index (Phi) is 7.00. The van der Waals surface area contributed by atoms with Gasteiger partial charge in [0.2, 0.25) is 0 Å². The van der Waals surface area contributed by atoms with Gasteiger partial charge in [-0.05, 0) is 0 Å². The van der Waals surface area contributed by atoms with Gasteiger partial charge in [-0.2, -0.15) is 8.42 Å². The molecule has 0 atom stereocenters. The molecular formula is C2H5O3RbS. The van der Waals surface area contributed by atoms with Crippen molar-refractivity contribution >= 4 is 68.3 Å². The Labute approximate surface area is 91.3 Å². The van der Waals surface area contributed by atoms with Gasteiger partial charge in [-0.1, -0.05) is 6.58 Å². The summed E-state index contributed by atoms with van der Waals surface area (Å²) in [5.41, 5.74) is 0. The summed E-state index contributed by atoms with van der Waals surface area (Å²) in [6.07, 6.45) is 0. The fourth-order valence-electron chi connectivity index (χ4n) is 0. The van der Waals surface area contributed by atoms with E-state index >= 15 is 0 Å². The summed E-state index contributed by atoms with van der Waals surface area (Å²) in [6, 6.07) is 0. The average molecular weight is 195 g/mol. The molecule has 0 saturated heterocycles. The van der Waals surface area contributed by atoms with E-state index in [-0.39, 0.29) is 58.2 Å². The summed E-state index contributed by atoms with van der Waals surface area (Å²) in [5.74, 6) is 0. The van der Waals surface area contributed by atoms with Crippen LogP contribution in [0.25, 0.3) is 0 Å². The van der Waals surface area contributed by atoms with Crippen molar-refractivity contribution in [3.63, 3.8) is 0 Å². The van der Waals surface area contributed by atoms with E-state index in [9.17, 15) is 8.42 Å². The number of hydrogen-bond acceptors (Lipinski definition) is 2. The second-order valence-corrected chi connectivity index (χ2v) is 2.04. The Bertz CT molecular complexity index is 123. The molecule has 0 saturated carbocycles. The van der Waals surface area contributed by atoms with E-state index in [1.165, 1.54) is 0 Å². The van der Waals surface area contributed by atoms with E-state index in [4.69, 9.17) is 4.55 Å². The topological polar surface area (TPSA) is 54.4 Å². The Morgan fingerprint density at radius 1 is 1.57 bits per heavy atom. The number of hydrogen-bond donors (Lipinski definition) is 1. The molecule has 0 rings (SSSR count). The third-order valence-electron chi connectivity index (χ3n) is 0.211. The molecule has 0 amide bonds. The molecule has 3 nitrogen and oxygen atoms in total. The van der Waals surface area contributed by atoms with E-state index in [0.29, 0.717) is 5.41 Å². The minimum atomic E-state index is -3.90. The zero-order chi connectivity index (χ0) is 5.21. The minimum absolute atomic E-state index is 0. The Hall–Kier alpha value is 1.46. The molecule has 0 aliphatic heterocycles. The van der Waals surface area contributed by atoms with E-state index in [0.717, 1.165) is 0 Å². The van der Waals surface area contributed by atoms with Gasteiger partial charge in [0.15, 0.2) is 0 Å². The molecule has 0 spiro atoms. The molecule has 5 heteroatoms. The van der Waals surface area contributed by atoms with Crippen LogP contribution in [-0.4, -0.2) is 71.2 Å². The van der Waals surface area contributed by atoms with Crippen LogP contribution in [0.4, 0.5) is 0 Å². The van der Waals surface area contributed by atoms with Crippen molar-refractivity contribution in [3.8, 4) is 0 Å². The van der Waals surface area contributed by atoms with Gasteiger partial charge in [-0.15, -0.1) is 0 Å². The Morgan fingerprint density at radius 3 is 1.71 bits per heavy atom. The second kappa shape index (κ2) is 4.35. The summed E-state index contributed by atoms with van der Waals surface area (Å²) in [4.78, 5) is 0. The Morgan fingerprint density at radius 2 is 1.71 bits per heavy atom. The predicted molar refractivity (Wildman–Crippen MR) is 28.9 cm³/mol. The molecule has 0 unspecified atom stereocenters. The van der Waals surface area contributed by atoms with Gasteiger partial charge in [-0.25, -0.2) is 0 Å². The standard InChI is InChI=1S/C2H4O3S.Rb.H/c1-2-6(3,4)5;;/h2H,1H2,(H,3,4,5);;. The van der Waals surface area contributed by atoms with Gasteiger partial charge in [-0.3, -0.25) is 4.55 Å². The molecule has 0 bridgehead atoms. The molecule has 1 N–H and O–H groups in total. The predicted octanol–water partition coefficient (Wildman–Crippen LogP) is -0.631. The Balaban J connectivity index is 0. The molecule has 0 fully saturated rings. The van der Waals surface area contributed by atoms with E-state index in [1.807, 2.05) is 0 Å². The summed E-state index contributed by atoms with van der Waals surface area (Å²) in [6.45, 7) is 2.79. The maximum atomic E-state index is 9.44. The van der Waals surface area contributed by atoms with E-state index in [1.54, 1.807) is 0 Å². The van der Waals surface area contributed by atoms with E-state index < -0.39 is 10.1 Å². The third-order valence-corrected chi connectivity index (χ3v) is 0.632. The first kappa shape index (κ1) is 11.3. The first-order valence-corrected chi connectivity index (χ1v) is 2.66. The number of rotatable bonds is 1. The zero-order valence-electron chi connectivity index (χ0n) is 2.96. The molecule has 7 heavy (non-hydrogen) atoms. The van der Waals surface area contributed by atoms with Crippen LogP contribution in [0.1, 0.15) is 0 Å². The van der Waals surface area contributed by atoms with Crippen molar-refractivity contribution in [1.29, 1.82) is 0 Å². The first-order valence-electron chi connectivity index (χ1n) is 1.16. The summed E-state index contributed by atoms with van der Waals surface area (Å²) in [7, 11) is -3.90. The van der Waals surface area contributed by atoms with Crippen molar-refractivity contribution in [3.05, 3.63) is 12.0 Å². The molecule has 0 aromatic heterocycles. The van der Waals surface area contributed by atoms with Crippen LogP contribution >= 0.6 is 0 Å². The fourth-order valence-corrected chi connectivity index (χ4v) is 0. The van der Waals surface area contributed by atoms with Crippen LogP contribution in [0.5, 0.6) is 0 Å². The van der Waals surface area contributed by atoms with Gasteiger partial charge >= 0.3 is 58.2 Å². The molecule has 0 aromatic carbocycles. The van der Waals surface area contributed by atoms with E-state index in [2.05, 4.69) is 6.58 Å². The quantitative estimate of drug-likeness (QED) is 0.566. The summed E-state index contributed by atoms with van der Waals surface area (Å²) < 4.78 is 26.6. The van der Waals surface area contributed by atoms with Gasteiger partial charge in [0.25, 0.3) is 10.1 Å². The van der Waals surface area contributed by atoms with Gasteiger partial charge in [0.05, 0.1) is 5.41 Å². The van der Waals surface area contributed by atoms with Crippen LogP contribution < -0.4 is 0 Å². The van der Waals surface area contributed by atoms with Crippen molar-refractivity contribution in [2.75, 3.05) is 0 Å². The average Bonchev–Trinajstić information content (AvgIpc) is 1.35. The fraction of sp³-hybridized carbons (Fsp3) is 0. The molecular weight excluding hydrogens is 190 g/mol. The first-order chi connectivity index (χ1) is 2.56. The van der Waals surface area contributed by atoms with Crippen molar-refractivity contribution in [1.82, 2.24) is 0 Å². The van der Waals surface area contributed by atoms with Crippen LogP contribution in [0, 0.1) is 0 Å². The van der Waals surface area contributed by atoms with Crippen LogP contribution in [-0.2, 0) is 10.1 Å².